The van der Waals surface area contributed by atoms with E-state index in [1.165, 1.54) is 6.20 Å². The number of hydrogen-bond acceptors (Lipinski definition) is 6. The second-order valence-corrected chi connectivity index (χ2v) is 10.5. The average molecular weight is 430 g/mol. The van der Waals surface area contributed by atoms with Crippen LogP contribution in [0.1, 0.15) is 28.9 Å². The lowest BCUT2D eigenvalue weighted by atomic mass is 9.91. The van der Waals surface area contributed by atoms with Crippen LogP contribution in [0, 0.1) is 11.8 Å². The highest BCUT2D eigenvalue weighted by Crippen LogP contribution is 2.45. The summed E-state index contributed by atoms with van der Waals surface area (Å²) in [4.78, 5) is 18.8. The topological polar surface area (TPSA) is 99.6 Å². The summed E-state index contributed by atoms with van der Waals surface area (Å²) < 4.78 is 24.9. The zero-order valence-electron chi connectivity index (χ0n) is 17.0. The molecule has 0 amide bonds. The van der Waals surface area contributed by atoms with Gasteiger partial charge in [0.2, 0.25) is 10.0 Å². The highest BCUT2D eigenvalue weighted by atomic mass is 32.2. The van der Waals surface area contributed by atoms with Gasteiger partial charge < -0.3 is 5.11 Å². The summed E-state index contributed by atoms with van der Waals surface area (Å²) in [7, 11) is -3.37. The molecule has 1 saturated carbocycles. The van der Waals surface area contributed by atoms with Crippen LogP contribution >= 0.6 is 0 Å². The number of pyridine rings is 1. The summed E-state index contributed by atoms with van der Waals surface area (Å²) in [6.07, 6.45) is 4.63. The fourth-order valence-electron chi connectivity index (χ4n) is 4.92. The van der Waals surface area contributed by atoms with Crippen molar-refractivity contribution in [3.05, 3.63) is 59.9 Å². The molecule has 1 aromatic carbocycles. The minimum absolute atomic E-state index is 0.0829. The summed E-state index contributed by atoms with van der Waals surface area (Å²) in [6.45, 7) is 1.90. The van der Waals surface area contributed by atoms with Crippen molar-refractivity contribution in [2.75, 3.05) is 30.6 Å². The van der Waals surface area contributed by atoms with Crippen LogP contribution in [0.25, 0.3) is 0 Å². The van der Waals surface area contributed by atoms with Crippen LogP contribution in [0.4, 0.5) is 5.69 Å². The molecule has 2 fully saturated rings. The number of nitrogens with zero attached hydrogens (tertiary/aromatic N) is 2. The Morgan fingerprint density at radius 3 is 2.40 bits per heavy atom. The number of carbonyl (C=O) groups excluding carboxylic acids is 1. The Hall–Kier alpha value is -2.29. The van der Waals surface area contributed by atoms with Gasteiger partial charge in [0.05, 0.1) is 30.3 Å². The quantitative estimate of drug-likeness (QED) is 0.653. The number of ketones is 1. The molecule has 3 atom stereocenters. The van der Waals surface area contributed by atoms with Crippen molar-refractivity contribution >= 4 is 21.5 Å². The van der Waals surface area contributed by atoms with Gasteiger partial charge in [-0.3, -0.25) is 19.4 Å². The molecule has 4 rings (SSSR count). The average Bonchev–Trinajstić information content (AvgIpc) is 3.15. The van der Waals surface area contributed by atoms with Crippen LogP contribution in [0.5, 0.6) is 0 Å². The highest BCUT2D eigenvalue weighted by molar-refractivity contribution is 7.92. The van der Waals surface area contributed by atoms with Crippen molar-refractivity contribution in [1.82, 2.24) is 9.88 Å². The van der Waals surface area contributed by atoms with E-state index in [0.29, 0.717) is 29.6 Å². The van der Waals surface area contributed by atoms with Crippen molar-refractivity contribution in [3.8, 4) is 0 Å². The number of sulfonamides is 1. The van der Waals surface area contributed by atoms with Crippen molar-refractivity contribution in [1.29, 1.82) is 0 Å². The maximum atomic E-state index is 12.6. The third kappa shape index (κ3) is 5.06. The summed E-state index contributed by atoms with van der Waals surface area (Å²) in [5, 5.41) is 11.1. The fraction of sp³-hybridized carbons (Fsp3) is 0.455. The predicted molar refractivity (Wildman–Crippen MR) is 115 cm³/mol. The molecule has 0 spiro atoms. The molecule has 2 aliphatic rings. The van der Waals surface area contributed by atoms with Crippen molar-refractivity contribution < 1.29 is 18.3 Å². The Morgan fingerprint density at radius 2 is 1.83 bits per heavy atom. The summed E-state index contributed by atoms with van der Waals surface area (Å²) in [5.74, 6) is 0.724. The number of nitrogens with one attached hydrogen (secondary N) is 1. The number of Topliss-reactive ketones (excluding diaryl/α,β-unsaturated/α-hetero) is 1. The summed E-state index contributed by atoms with van der Waals surface area (Å²) >= 11 is 0. The van der Waals surface area contributed by atoms with Gasteiger partial charge in [-0.25, -0.2) is 8.42 Å². The van der Waals surface area contributed by atoms with Gasteiger partial charge in [-0.15, -0.1) is 0 Å². The van der Waals surface area contributed by atoms with E-state index in [2.05, 4.69) is 26.7 Å². The van der Waals surface area contributed by atoms with E-state index < -0.39 is 15.6 Å². The molecule has 7 nitrogen and oxygen atoms in total. The number of carbonyl (C=O) groups is 1. The largest absolute Gasteiger partial charge is 0.390 e. The van der Waals surface area contributed by atoms with Crippen LogP contribution in [-0.2, 0) is 16.4 Å². The molecule has 0 unspecified atom stereocenters. The monoisotopic (exact) mass is 429 g/mol. The van der Waals surface area contributed by atoms with E-state index in [9.17, 15) is 18.3 Å². The van der Waals surface area contributed by atoms with Crippen molar-refractivity contribution in [2.45, 2.75) is 24.9 Å². The Labute approximate surface area is 177 Å². The second kappa shape index (κ2) is 8.09. The van der Waals surface area contributed by atoms with Crippen LogP contribution in [0.2, 0.25) is 0 Å². The van der Waals surface area contributed by atoms with Crippen LogP contribution in [-0.4, -0.2) is 60.7 Å². The number of rotatable bonds is 7. The second-order valence-electron chi connectivity index (χ2n) is 8.74. The fourth-order valence-corrected chi connectivity index (χ4v) is 5.47. The number of hydrogen-bond donors (Lipinski definition) is 2. The van der Waals surface area contributed by atoms with Gasteiger partial charge in [0.25, 0.3) is 0 Å². The zero-order valence-corrected chi connectivity index (χ0v) is 17.8. The van der Waals surface area contributed by atoms with Crippen LogP contribution in [0.15, 0.2) is 48.7 Å². The zero-order chi connectivity index (χ0) is 21.4. The molecular weight excluding hydrogens is 402 g/mol. The molecule has 0 radical (unpaired) electrons. The van der Waals surface area contributed by atoms with Gasteiger partial charge in [0.15, 0.2) is 5.78 Å². The SMILES string of the molecule is CS(=O)(=O)Nc1ccc(C(=O)CN2C[C@@H]3C[C@@](O)(Cc4ccccc4)C[C@@H]3C2)nc1. The molecule has 8 heteroatoms. The lowest BCUT2D eigenvalue weighted by Gasteiger charge is -2.26. The van der Waals surface area contributed by atoms with Gasteiger partial charge in [-0.05, 0) is 42.4 Å². The number of benzene rings is 1. The summed E-state index contributed by atoms with van der Waals surface area (Å²) in [6, 6.07) is 13.2. The number of likely N-dealkylation sites (tertiary alicyclic amines) is 1. The Morgan fingerprint density at radius 1 is 1.17 bits per heavy atom. The Bertz CT molecular complexity index is 994. The first-order valence-corrected chi connectivity index (χ1v) is 12.0. The molecule has 2 N–H and O–H groups in total. The first kappa shape index (κ1) is 21.0. The van der Waals surface area contributed by atoms with E-state index in [-0.39, 0.29) is 12.3 Å². The lowest BCUT2D eigenvalue weighted by Crippen LogP contribution is -2.34. The van der Waals surface area contributed by atoms with E-state index in [4.69, 9.17) is 0 Å². The smallest absolute Gasteiger partial charge is 0.229 e. The molecule has 0 bridgehead atoms. The van der Waals surface area contributed by atoms with Crippen LogP contribution < -0.4 is 4.72 Å². The molecule has 1 aromatic heterocycles. The third-order valence-electron chi connectivity index (χ3n) is 6.03. The molecule has 2 aromatic rings. The van der Waals surface area contributed by atoms with Crippen molar-refractivity contribution in [2.24, 2.45) is 11.8 Å². The standard InChI is InChI=1S/C22H27N3O4S/c1-30(28,29)24-19-7-8-20(23-12-19)21(26)15-25-13-17-10-22(27,11-18(17)14-25)9-16-5-3-2-4-6-16/h2-8,12,17-18,24,27H,9-11,13-15H2,1H3/t17-,18+,22-. The van der Waals surface area contributed by atoms with Gasteiger partial charge in [0.1, 0.15) is 5.69 Å². The van der Waals surface area contributed by atoms with E-state index >= 15 is 0 Å². The minimum Gasteiger partial charge on any atom is -0.390 e. The molecule has 1 aliphatic heterocycles. The van der Waals surface area contributed by atoms with E-state index in [1.807, 2.05) is 18.2 Å². The number of aliphatic hydroxyl groups is 1. The molecule has 1 aliphatic carbocycles. The maximum absolute atomic E-state index is 12.6. The number of fused-ring (bicyclic) bond motifs is 1. The van der Waals surface area contributed by atoms with Gasteiger partial charge >= 0.3 is 0 Å². The summed E-state index contributed by atoms with van der Waals surface area (Å²) in [5.41, 5.74) is 1.16. The lowest BCUT2D eigenvalue weighted by molar-refractivity contribution is 0.0355. The van der Waals surface area contributed by atoms with E-state index in [1.54, 1.807) is 12.1 Å². The molecule has 30 heavy (non-hydrogen) atoms. The van der Waals surface area contributed by atoms with Crippen molar-refractivity contribution in [3.63, 3.8) is 0 Å². The van der Waals surface area contributed by atoms with Gasteiger partial charge in [-0.1, -0.05) is 30.3 Å². The Balaban J connectivity index is 1.30. The highest BCUT2D eigenvalue weighted by Gasteiger charge is 2.48. The normalized spacial score (nSPS) is 26.5. The number of anilines is 1. The molecule has 1 saturated heterocycles. The molecular formula is C22H27N3O4S. The van der Waals surface area contributed by atoms with Crippen LogP contribution in [0.3, 0.4) is 0 Å². The first-order valence-electron chi connectivity index (χ1n) is 10.1. The van der Waals surface area contributed by atoms with Gasteiger partial charge in [0, 0.05) is 19.5 Å². The molecule has 2 heterocycles. The van der Waals surface area contributed by atoms with Gasteiger partial charge in [-0.2, -0.15) is 0 Å². The third-order valence-corrected chi connectivity index (χ3v) is 6.64. The first-order chi connectivity index (χ1) is 14.2. The maximum Gasteiger partial charge on any atom is 0.229 e. The predicted octanol–water partition coefficient (Wildman–Crippen LogP) is 1.95. The minimum atomic E-state index is -3.37. The Kier molecular flexibility index (Phi) is 5.65. The van der Waals surface area contributed by atoms with E-state index in [0.717, 1.165) is 37.8 Å². The number of aromatic nitrogens is 1. The molecule has 160 valence electrons.